The fraction of sp³-hybridized carbons (Fsp3) is 0.286. The molecule has 8 heteroatoms. The Morgan fingerprint density at radius 1 is 1.03 bits per heavy atom. The van der Waals surface area contributed by atoms with Gasteiger partial charge >= 0.3 is 0 Å². The maximum absolute atomic E-state index is 12.9. The molecule has 8 nitrogen and oxygen atoms in total. The Kier molecular flexibility index (Phi) is 5.07. The molecule has 2 aromatic rings. The summed E-state index contributed by atoms with van der Waals surface area (Å²) in [5.41, 5.74) is 8.08. The number of hydrogen-bond acceptors (Lipinski definition) is 5. The smallest absolute Gasteiger partial charge is 0.262 e. The Bertz CT molecular complexity index is 983. The lowest BCUT2D eigenvalue weighted by molar-refractivity contribution is -0.118. The second-order valence-corrected chi connectivity index (χ2v) is 7.15. The quantitative estimate of drug-likeness (QED) is 0.737. The first-order valence-electron chi connectivity index (χ1n) is 9.58. The Labute approximate surface area is 168 Å². The molecule has 0 saturated carbocycles. The van der Waals surface area contributed by atoms with E-state index in [0.717, 1.165) is 31.6 Å². The van der Waals surface area contributed by atoms with Crippen molar-refractivity contribution in [2.75, 3.05) is 35.2 Å². The summed E-state index contributed by atoms with van der Waals surface area (Å²) in [6, 6.07) is 9.94. The van der Waals surface area contributed by atoms with Crippen LogP contribution in [-0.2, 0) is 4.79 Å². The first kappa shape index (κ1) is 18.8. The third-order valence-electron chi connectivity index (χ3n) is 5.10. The van der Waals surface area contributed by atoms with Gasteiger partial charge in [0.25, 0.3) is 11.8 Å². The summed E-state index contributed by atoms with van der Waals surface area (Å²) in [6.45, 7) is 1.70. The molecular weight excluding hydrogens is 372 g/mol. The van der Waals surface area contributed by atoms with Crippen molar-refractivity contribution in [3.8, 4) is 5.75 Å². The summed E-state index contributed by atoms with van der Waals surface area (Å²) in [5.74, 6) is -0.680. The molecule has 0 aromatic heterocycles. The van der Waals surface area contributed by atoms with E-state index >= 15 is 0 Å². The van der Waals surface area contributed by atoms with E-state index < -0.39 is 5.91 Å². The Morgan fingerprint density at radius 2 is 1.79 bits per heavy atom. The normalized spacial score (nSPS) is 15.7. The topological polar surface area (TPSA) is 114 Å². The molecule has 0 bridgehead atoms. The highest BCUT2D eigenvalue weighted by atomic mass is 16.5. The molecule has 3 amide bonds. The minimum atomic E-state index is -0.552. The van der Waals surface area contributed by atoms with Gasteiger partial charge in [-0.15, -0.1) is 0 Å². The number of nitrogens with one attached hydrogen (secondary N) is 2. The van der Waals surface area contributed by atoms with Crippen molar-refractivity contribution in [1.82, 2.24) is 0 Å². The first-order valence-corrected chi connectivity index (χ1v) is 9.58. The lowest BCUT2D eigenvalue weighted by Crippen LogP contribution is -2.30. The number of nitrogens with zero attached hydrogens (tertiary/aromatic N) is 1. The molecule has 0 spiro atoms. The Hall–Kier alpha value is -3.55. The molecule has 150 valence electrons. The molecular formula is C21H22N4O4. The van der Waals surface area contributed by atoms with Gasteiger partial charge in [-0.3, -0.25) is 14.4 Å². The van der Waals surface area contributed by atoms with Crippen LogP contribution in [-0.4, -0.2) is 37.4 Å². The third-order valence-corrected chi connectivity index (χ3v) is 5.10. The maximum Gasteiger partial charge on any atom is 0.262 e. The van der Waals surface area contributed by atoms with Gasteiger partial charge in [0.1, 0.15) is 5.75 Å². The zero-order valence-corrected chi connectivity index (χ0v) is 15.9. The van der Waals surface area contributed by atoms with Crippen LogP contribution in [0.2, 0.25) is 0 Å². The average molecular weight is 394 g/mol. The molecule has 0 atom stereocenters. The average Bonchev–Trinajstić information content (AvgIpc) is 2.73. The highest BCUT2D eigenvalue weighted by Gasteiger charge is 2.20. The number of rotatable bonds is 4. The summed E-state index contributed by atoms with van der Waals surface area (Å²) in [5, 5.41) is 5.60. The number of primary amides is 1. The fourth-order valence-corrected chi connectivity index (χ4v) is 3.61. The molecule has 0 unspecified atom stereocenters. The number of nitrogens with two attached hydrogens (primary N) is 1. The molecule has 0 aliphatic carbocycles. The molecule has 2 heterocycles. The van der Waals surface area contributed by atoms with Gasteiger partial charge in [0.2, 0.25) is 5.91 Å². The minimum absolute atomic E-state index is 0.0855. The van der Waals surface area contributed by atoms with Crippen LogP contribution in [0.3, 0.4) is 0 Å². The van der Waals surface area contributed by atoms with Crippen LogP contribution in [0.1, 0.15) is 40.0 Å². The van der Waals surface area contributed by atoms with Crippen molar-refractivity contribution in [1.29, 1.82) is 0 Å². The van der Waals surface area contributed by atoms with Gasteiger partial charge in [0, 0.05) is 24.2 Å². The van der Waals surface area contributed by atoms with E-state index in [1.807, 2.05) is 6.07 Å². The summed E-state index contributed by atoms with van der Waals surface area (Å²) in [4.78, 5) is 38.1. The van der Waals surface area contributed by atoms with Crippen LogP contribution in [0, 0.1) is 0 Å². The van der Waals surface area contributed by atoms with E-state index in [9.17, 15) is 14.4 Å². The van der Waals surface area contributed by atoms with E-state index in [1.165, 1.54) is 6.42 Å². The van der Waals surface area contributed by atoms with Gasteiger partial charge in [-0.2, -0.15) is 0 Å². The van der Waals surface area contributed by atoms with Crippen molar-refractivity contribution in [2.45, 2.75) is 19.3 Å². The zero-order chi connectivity index (χ0) is 20.4. The Balaban J connectivity index is 1.62. The molecule has 29 heavy (non-hydrogen) atoms. The molecule has 2 aliphatic rings. The van der Waals surface area contributed by atoms with Gasteiger partial charge in [-0.05, 0) is 55.7 Å². The molecule has 0 radical (unpaired) electrons. The van der Waals surface area contributed by atoms with E-state index in [4.69, 9.17) is 10.5 Å². The lowest BCUT2D eigenvalue weighted by Gasteiger charge is -2.30. The molecule has 1 fully saturated rings. The lowest BCUT2D eigenvalue weighted by atomic mass is 10.1. The third kappa shape index (κ3) is 4.01. The summed E-state index contributed by atoms with van der Waals surface area (Å²) < 4.78 is 5.38. The fourth-order valence-electron chi connectivity index (χ4n) is 3.61. The van der Waals surface area contributed by atoms with Crippen LogP contribution in [0.4, 0.5) is 17.1 Å². The van der Waals surface area contributed by atoms with Gasteiger partial charge in [-0.25, -0.2) is 0 Å². The number of hydrogen-bond donors (Lipinski definition) is 3. The molecule has 2 aliphatic heterocycles. The van der Waals surface area contributed by atoms with Crippen LogP contribution >= 0.6 is 0 Å². The zero-order valence-electron chi connectivity index (χ0n) is 15.9. The first-order chi connectivity index (χ1) is 14.0. The van der Waals surface area contributed by atoms with Crippen LogP contribution in [0.5, 0.6) is 5.75 Å². The predicted octanol–water partition coefficient (Wildman–Crippen LogP) is 2.36. The highest BCUT2D eigenvalue weighted by Crippen LogP contribution is 2.32. The standard InChI is InChI=1S/C21H22N4O4/c22-20(27)13-5-7-17(25-8-2-1-3-9-25)16(10-13)24-21(28)14-4-6-15-18(11-14)29-12-19(26)23-15/h4-7,10-11H,1-3,8-9,12H2,(H2,22,27)(H,23,26)(H,24,28). The molecule has 4 rings (SSSR count). The van der Waals surface area contributed by atoms with Crippen molar-refractivity contribution in [3.05, 3.63) is 47.5 Å². The van der Waals surface area contributed by atoms with E-state index in [1.54, 1.807) is 30.3 Å². The van der Waals surface area contributed by atoms with Crippen molar-refractivity contribution in [3.63, 3.8) is 0 Å². The number of carbonyl (C=O) groups is 3. The van der Waals surface area contributed by atoms with Crippen molar-refractivity contribution in [2.24, 2.45) is 5.73 Å². The SMILES string of the molecule is NC(=O)c1ccc(N2CCCCC2)c(NC(=O)c2ccc3c(c2)OCC(=O)N3)c1. The molecule has 1 saturated heterocycles. The number of amides is 3. The van der Waals surface area contributed by atoms with Crippen LogP contribution < -0.4 is 26.0 Å². The van der Waals surface area contributed by atoms with Crippen LogP contribution in [0.25, 0.3) is 0 Å². The van der Waals surface area contributed by atoms with Crippen molar-refractivity contribution >= 4 is 34.8 Å². The number of benzene rings is 2. The highest BCUT2D eigenvalue weighted by molar-refractivity contribution is 6.08. The summed E-state index contributed by atoms with van der Waals surface area (Å²) in [7, 11) is 0. The van der Waals surface area contributed by atoms with Crippen LogP contribution in [0.15, 0.2) is 36.4 Å². The maximum atomic E-state index is 12.9. The summed E-state index contributed by atoms with van der Waals surface area (Å²) >= 11 is 0. The molecule has 4 N–H and O–H groups in total. The number of carbonyl (C=O) groups excluding carboxylic acids is 3. The van der Waals surface area contributed by atoms with E-state index in [0.29, 0.717) is 28.3 Å². The van der Waals surface area contributed by atoms with Gasteiger partial charge in [0.15, 0.2) is 6.61 Å². The number of piperidine rings is 1. The number of anilines is 3. The van der Waals surface area contributed by atoms with Gasteiger partial charge in [-0.1, -0.05) is 0 Å². The van der Waals surface area contributed by atoms with E-state index in [2.05, 4.69) is 15.5 Å². The Morgan fingerprint density at radius 3 is 2.55 bits per heavy atom. The predicted molar refractivity (Wildman–Crippen MR) is 110 cm³/mol. The molecule has 2 aromatic carbocycles. The van der Waals surface area contributed by atoms with Gasteiger partial charge in [0.05, 0.1) is 17.1 Å². The second kappa shape index (κ2) is 7.83. The van der Waals surface area contributed by atoms with E-state index in [-0.39, 0.29) is 18.4 Å². The van der Waals surface area contributed by atoms with Crippen molar-refractivity contribution < 1.29 is 19.1 Å². The number of ether oxygens (including phenoxy) is 1. The largest absolute Gasteiger partial charge is 0.482 e. The second-order valence-electron chi connectivity index (χ2n) is 7.15. The minimum Gasteiger partial charge on any atom is -0.482 e. The monoisotopic (exact) mass is 394 g/mol. The van der Waals surface area contributed by atoms with Gasteiger partial charge < -0.3 is 26.0 Å². The number of fused-ring (bicyclic) bond motifs is 1. The summed E-state index contributed by atoms with van der Waals surface area (Å²) in [6.07, 6.45) is 3.35.